The van der Waals surface area contributed by atoms with Crippen molar-refractivity contribution in [3.8, 4) is 11.3 Å². The molecule has 1 aliphatic rings. The summed E-state index contributed by atoms with van der Waals surface area (Å²) in [6, 6.07) is 15.8. The van der Waals surface area contributed by atoms with Crippen molar-refractivity contribution in [2.24, 2.45) is 0 Å². The molecule has 0 radical (unpaired) electrons. The maximum Gasteiger partial charge on any atom is 0.267 e. The van der Waals surface area contributed by atoms with E-state index in [2.05, 4.69) is 15.5 Å². The molecule has 1 fully saturated rings. The van der Waals surface area contributed by atoms with Crippen molar-refractivity contribution >= 4 is 5.91 Å². The number of hydrogen-bond donors (Lipinski definition) is 1. The summed E-state index contributed by atoms with van der Waals surface area (Å²) in [5, 5.41) is 11.4. The van der Waals surface area contributed by atoms with Gasteiger partial charge in [0.2, 0.25) is 5.91 Å². The topological polar surface area (TPSA) is 98.9 Å². The Balaban J connectivity index is 1.37. The number of nitrogens with one attached hydrogen (secondary N) is 1. The molecule has 0 atom stereocenters. The van der Waals surface area contributed by atoms with Gasteiger partial charge >= 0.3 is 0 Å². The molecule has 1 amide bonds. The number of carbonyl (C=O) groups excluding carboxylic acids is 1. The molecule has 1 aromatic carbocycles. The van der Waals surface area contributed by atoms with Gasteiger partial charge in [0.15, 0.2) is 0 Å². The third-order valence-corrected chi connectivity index (χ3v) is 4.76. The van der Waals surface area contributed by atoms with E-state index < -0.39 is 0 Å². The van der Waals surface area contributed by atoms with Crippen LogP contribution >= 0.6 is 0 Å². The highest BCUT2D eigenvalue weighted by Gasteiger charge is 2.25. The molecule has 3 aromatic rings. The van der Waals surface area contributed by atoms with E-state index in [0.717, 1.165) is 28.8 Å². The molecule has 0 aliphatic heterocycles. The minimum atomic E-state index is -0.352. The van der Waals surface area contributed by atoms with E-state index >= 15 is 0 Å². The van der Waals surface area contributed by atoms with Crippen molar-refractivity contribution in [2.45, 2.75) is 31.8 Å². The number of benzene rings is 1. The van der Waals surface area contributed by atoms with Gasteiger partial charge in [-0.25, -0.2) is 9.36 Å². The van der Waals surface area contributed by atoms with E-state index in [-0.39, 0.29) is 36.7 Å². The van der Waals surface area contributed by atoms with Crippen LogP contribution < -0.4 is 16.4 Å². The highest BCUT2D eigenvalue weighted by atomic mass is 16.2. The third-order valence-electron chi connectivity index (χ3n) is 4.76. The fourth-order valence-electron chi connectivity index (χ4n) is 3.04. The van der Waals surface area contributed by atoms with Crippen molar-refractivity contribution < 1.29 is 4.79 Å². The van der Waals surface area contributed by atoms with E-state index in [4.69, 9.17) is 0 Å². The van der Waals surface area contributed by atoms with Crippen LogP contribution in [0.5, 0.6) is 0 Å². The monoisotopic (exact) mass is 391 g/mol. The zero-order valence-electron chi connectivity index (χ0n) is 15.8. The predicted octanol–water partition coefficient (Wildman–Crippen LogP) is 1.16. The van der Waals surface area contributed by atoms with Crippen LogP contribution in [0.1, 0.15) is 24.5 Å². The SMILES string of the molecule is O=C(Cn1nc(-c2ccccc2)ccc1=O)NCCn1nc(C2CC2)ccc1=O. The van der Waals surface area contributed by atoms with E-state index in [1.165, 1.54) is 16.8 Å². The van der Waals surface area contributed by atoms with Gasteiger partial charge in [-0.2, -0.15) is 10.2 Å². The Hall–Kier alpha value is -3.55. The summed E-state index contributed by atoms with van der Waals surface area (Å²) in [6.45, 7) is 0.328. The number of rotatable bonds is 7. The molecule has 1 saturated carbocycles. The summed E-state index contributed by atoms with van der Waals surface area (Å²) in [6.07, 6.45) is 2.21. The largest absolute Gasteiger partial charge is 0.353 e. The molecule has 4 rings (SSSR count). The van der Waals surface area contributed by atoms with Gasteiger partial charge in [-0.3, -0.25) is 14.4 Å². The standard InChI is InChI=1S/C21H21N5O3/c27-19(22-12-13-25-20(28)10-8-18(23-25)16-6-7-16)14-26-21(29)11-9-17(24-26)15-4-2-1-3-5-15/h1-5,8-11,16H,6-7,12-14H2,(H,22,27). The molecule has 0 unspecified atom stereocenters. The van der Waals surface area contributed by atoms with Crippen molar-refractivity contribution in [2.75, 3.05) is 6.54 Å². The van der Waals surface area contributed by atoms with Crippen LogP contribution in [0.2, 0.25) is 0 Å². The van der Waals surface area contributed by atoms with Gasteiger partial charge in [0.25, 0.3) is 11.1 Å². The van der Waals surface area contributed by atoms with Crippen molar-refractivity contribution in [1.29, 1.82) is 0 Å². The Kier molecular flexibility index (Phi) is 5.33. The first-order chi connectivity index (χ1) is 14.1. The van der Waals surface area contributed by atoms with Crippen LogP contribution in [0, 0.1) is 0 Å². The highest BCUT2D eigenvalue weighted by Crippen LogP contribution is 2.38. The number of aromatic nitrogens is 4. The fraction of sp³-hybridized carbons (Fsp3) is 0.286. The molecule has 8 heteroatoms. The molecule has 2 heterocycles. The summed E-state index contributed by atoms with van der Waals surface area (Å²) < 4.78 is 2.50. The molecular weight excluding hydrogens is 370 g/mol. The fourth-order valence-corrected chi connectivity index (χ4v) is 3.04. The molecule has 1 N–H and O–H groups in total. The predicted molar refractivity (Wildman–Crippen MR) is 107 cm³/mol. The molecule has 0 spiro atoms. The van der Waals surface area contributed by atoms with Crippen LogP contribution in [0.15, 0.2) is 64.2 Å². The van der Waals surface area contributed by atoms with E-state index in [1.54, 1.807) is 12.1 Å². The first-order valence-corrected chi connectivity index (χ1v) is 9.58. The van der Waals surface area contributed by atoms with Gasteiger partial charge in [0, 0.05) is 30.2 Å². The van der Waals surface area contributed by atoms with E-state index in [0.29, 0.717) is 11.6 Å². The summed E-state index contributed by atoms with van der Waals surface area (Å²) >= 11 is 0. The van der Waals surface area contributed by atoms with Gasteiger partial charge in [0.1, 0.15) is 6.54 Å². The number of amides is 1. The highest BCUT2D eigenvalue weighted by molar-refractivity contribution is 5.75. The summed E-state index contributed by atoms with van der Waals surface area (Å²) in [5.41, 5.74) is 1.85. The molecule has 148 valence electrons. The third kappa shape index (κ3) is 4.66. The first-order valence-electron chi connectivity index (χ1n) is 9.58. The maximum atomic E-state index is 12.3. The van der Waals surface area contributed by atoms with Crippen LogP contribution in [0.4, 0.5) is 0 Å². The molecular formula is C21H21N5O3. The molecule has 8 nitrogen and oxygen atoms in total. The normalized spacial score (nSPS) is 13.2. The minimum Gasteiger partial charge on any atom is -0.353 e. The number of hydrogen-bond acceptors (Lipinski definition) is 5. The Morgan fingerprint density at radius 2 is 1.66 bits per heavy atom. The summed E-state index contributed by atoms with van der Waals surface area (Å²) in [7, 11) is 0. The van der Waals surface area contributed by atoms with Gasteiger partial charge in [-0.15, -0.1) is 0 Å². The lowest BCUT2D eigenvalue weighted by Gasteiger charge is -2.09. The lowest BCUT2D eigenvalue weighted by atomic mass is 10.1. The maximum absolute atomic E-state index is 12.3. The Labute approximate surface area is 166 Å². The number of nitrogens with zero attached hydrogens (tertiary/aromatic N) is 4. The first kappa shape index (κ1) is 18.8. The molecule has 0 saturated heterocycles. The smallest absolute Gasteiger partial charge is 0.267 e. The van der Waals surface area contributed by atoms with Crippen molar-refractivity contribution in [1.82, 2.24) is 24.9 Å². The lowest BCUT2D eigenvalue weighted by Crippen LogP contribution is -2.36. The van der Waals surface area contributed by atoms with Crippen LogP contribution in [0.25, 0.3) is 11.3 Å². The summed E-state index contributed by atoms with van der Waals surface area (Å²) in [5.74, 6) is 0.0995. The molecule has 2 aromatic heterocycles. The van der Waals surface area contributed by atoms with Crippen molar-refractivity contribution in [3.05, 3.63) is 81.0 Å². The van der Waals surface area contributed by atoms with Crippen molar-refractivity contribution in [3.63, 3.8) is 0 Å². The van der Waals surface area contributed by atoms with Gasteiger partial charge in [-0.05, 0) is 25.0 Å². The van der Waals surface area contributed by atoms with Gasteiger partial charge in [-0.1, -0.05) is 30.3 Å². The van der Waals surface area contributed by atoms with Crippen LogP contribution in [-0.4, -0.2) is 32.0 Å². The quantitative estimate of drug-likeness (QED) is 0.652. The Morgan fingerprint density at radius 3 is 2.41 bits per heavy atom. The summed E-state index contributed by atoms with van der Waals surface area (Å²) in [4.78, 5) is 36.2. The van der Waals surface area contributed by atoms with Crippen LogP contribution in [0.3, 0.4) is 0 Å². The Morgan fingerprint density at radius 1 is 0.931 bits per heavy atom. The van der Waals surface area contributed by atoms with E-state index in [9.17, 15) is 14.4 Å². The average molecular weight is 391 g/mol. The van der Waals surface area contributed by atoms with Gasteiger partial charge in [0.05, 0.1) is 17.9 Å². The molecule has 1 aliphatic carbocycles. The van der Waals surface area contributed by atoms with E-state index in [1.807, 2.05) is 30.3 Å². The lowest BCUT2D eigenvalue weighted by molar-refractivity contribution is -0.121. The van der Waals surface area contributed by atoms with Crippen LogP contribution in [-0.2, 0) is 17.9 Å². The second-order valence-corrected chi connectivity index (χ2v) is 7.02. The minimum absolute atomic E-state index is 0.191. The average Bonchev–Trinajstić information content (AvgIpc) is 3.57. The second-order valence-electron chi connectivity index (χ2n) is 7.02. The number of carbonyl (C=O) groups is 1. The molecule has 29 heavy (non-hydrogen) atoms. The molecule has 0 bridgehead atoms. The Bertz CT molecular complexity index is 1130. The second kappa shape index (κ2) is 8.22. The zero-order chi connectivity index (χ0) is 20.2. The van der Waals surface area contributed by atoms with Gasteiger partial charge < -0.3 is 5.32 Å². The zero-order valence-corrected chi connectivity index (χ0v) is 15.8.